The van der Waals surface area contributed by atoms with Gasteiger partial charge >= 0.3 is 6.09 Å². The largest absolute Gasteiger partial charge is 0.444 e. The summed E-state index contributed by atoms with van der Waals surface area (Å²) >= 11 is 1.75. The number of hydrogen-bond donors (Lipinski definition) is 1. The summed E-state index contributed by atoms with van der Waals surface area (Å²) in [6.07, 6.45) is -0.311. The van der Waals surface area contributed by atoms with Gasteiger partial charge in [0.25, 0.3) is 0 Å². The monoisotopic (exact) mass is 350 g/mol. The van der Waals surface area contributed by atoms with E-state index in [9.17, 15) is 9.59 Å². The third-order valence-corrected chi connectivity index (χ3v) is 4.76. The van der Waals surface area contributed by atoms with Crippen LogP contribution >= 0.6 is 11.8 Å². The molecule has 0 aromatic heterocycles. The first kappa shape index (κ1) is 18.6. The Hall–Kier alpha value is -1.69. The number of nitrogens with zero attached hydrogens (tertiary/aromatic N) is 1. The van der Waals surface area contributed by atoms with Crippen LogP contribution in [-0.2, 0) is 15.1 Å². The molecule has 0 spiro atoms. The molecule has 132 valence electrons. The number of thioether (sulfide) groups is 1. The number of alkyl carbamates (subject to hydrolysis) is 1. The molecular weight excluding hydrogens is 324 g/mol. The summed E-state index contributed by atoms with van der Waals surface area (Å²) in [5, 5.41) is 2.91. The molecule has 1 aliphatic heterocycles. The summed E-state index contributed by atoms with van der Waals surface area (Å²) in [5.41, 5.74) is -0.512. The maximum absolute atomic E-state index is 12.6. The van der Waals surface area contributed by atoms with E-state index in [2.05, 4.69) is 5.32 Å². The minimum Gasteiger partial charge on any atom is -0.444 e. The van der Waals surface area contributed by atoms with Gasteiger partial charge in [-0.2, -0.15) is 0 Å². The van der Waals surface area contributed by atoms with E-state index in [0.717, 1.165) is 23.7 Å². The van der Waals surface area contributed by atoms with E-state index >= 15 is 0 Å². The molecule has 0 bridgehead atoms. The Morgan fingerprint density at radius 3 is 2.42 bits per heavy atom. The van der Waals surface area contributed by atoms with E-state index in [0.29, 0.717) is 0 Å². The molecule has 1 N–H and O–H groups in total. The van der Waals surface area contributed by atoms with Gasteiger partial charge in [-0.25, -0.2) is 4.79 Å². The zero-order valence-corrected chi connectivity index (χ0v) is 15.6. The van der Waals surface area contributed by atoms with Crippen LogP contribution in [0.3, 0.4) is 0 Å². The van der Waals surface area contributed by atoms with Gasteiger partial charge in [0.2, 0.25) is 5.91 Å². The first-order valence-electron chi connectivity index (χ1n) is 8.12. The fourth-order valence-electron chi connectivity index (χ4n) is 2.58. The summed E-state index contributed by atoms with van der Waals surface area (Å²) in [6.45, 7) is 8.09. The van der Waals surface area contributed by atoms with Gasteiger partial charge in [-0.1, -0.05) is 30.3 Å². The molecule has 1 heterocycles. The van der Waals surface area contributed by atoms with Gasteiger partial charge in [-0.15, -0.1) is 11.8 Å². The summed E-state index contributed by atoms with van der Waals surface area (Å²) in [7, 11) is 0. The van der Waals surface area contributed by atoms with Crippen molar-refractivity contribution in [1.29, 1.82) is 0 Å². The molecule has 1 aliphatic rings. The zero-order chi connectivity index (χ0) is 17.8. The molecule has 2 rings (SSSR count). The van der Waals surface area contributed by atoms with E-state index in [4.69, 9.17) is 4.74 Å². The number of hydrogen-bond acceptors (Lipinski definition) is 4. The van der Waals surface area contributed by atoms with E-state index in [-0.39, 0.29) is 12.3 Å². The maximum atomic E-state index is 12.6. The molecule has 1 aromatic rings. The molecule has 0 saturated carbocycles. The highest BCUT2D eigenvalue weighted by atomic mass is 32.2. The fourth-order valence-corrected chi connectivity index (χ4v) is 3.55. The molecule has 6 heteroatoms. The Morgan fingerprint density at radius 1 is 1.21 bits per heavy atom. The summed E-state index contributed by atoms with van der Waals surface area (Å²) in [5.74, 6) is 1.73. The van der Waals surface area contributed by atoms with Crippen LogP contribution in [0.4, 0.5) is 4.79 Å². The van der Waals surface area contributed by atoms with Crippen LogP contribution in [0.1, 0.15) is 39.7 Å². The van der Waals surface area contributed by atoms with Crippen molar-refractivity contribution >= 4 is 23.8 Å². The SMILES string of the molecule is CC(C)(C)OC(=O)NC(C)(CC(=O)N1CCSC1)c1ccccc1. The fraction of sp³-hybridized carbons (Fsp3) is 0.556. The molecule has 0 aliphatic carbocycles. The number of amides is 2. The highest BCUT2D eigenvalue weighted by Crippen LogP contribution is 2.27. The summed E-state index contributed by atoms with van der Waals surface area (Å²) < 4.78 is 5.38. The average Bonchev–Trinajstić information content (AvgIpc) is 3.00. The lowest BCUT2D eigenvalue weighted by Crippen LogP contribution is -2.48. The Balaban J connectivity index is 2.18. The Kier molecular flexibility index (Phi) is 5.80. The minimum atomic E-state index is -0.812. The normalized spacial score (nSPS) is 17.2. The predicted molar refractivity (Wildman–Crippen MR) is 96.8 cm³/mol. The smallest absolute Gasteiger partial charge is 0.408 e. The molecule has 1 unspecified atom stereocenters. The topological polar surface area (TPSA) is 58.6 Å². The molecule has 0 radical (unpaired) electrons. The quantitative estimate of drug-likeness (QED) is 0.905. The first-order chi connectivity index (χ1) is 11.2. The van der Waals surface area contributed by atoms with Crippen LogP contribution in [0, 0.1) is 0 Å². The maximum Gasteiger partial charge on any atom is 0.408 e. The second-order valence-electron chi connectivity index (χ2n) is 7.20. The van der Waals surface area contributed by atoms with Gasteiger partial charge in [-0.05, 0) is 33.3 Å². The molecule has 1 fully saturated rings. The van der Waals surface area contributed by atoms with Crippen LogP contribution in [0.15, 0.2) is 30.3 Å². The van der Waals surface area contributed by atoms with Gasteiger partial charge in [-0.3, -0.25) is 4.79 Å². The summed E-state index contributed by atoms with van der Waals surface area (Å²) in [6, 6.07) is 9.56. The Morgan fingerprint density at radius 2 is 1.88 bits per heavy atom. The highest BCUT2D eigenvalue weighted by Gasteiger charge is 2.35. The van der Waals surface area contributed by atoms with E-state index < -0.39 is 17.2 Å². The van der Waals surface area contributed by atoms with Gasteiger partial charge < -0.3 is 15.0 Å². The Labute approximate surface area is 148 Å². The second kappa shape index (κ2) is 7.47. The average molecular weight is 350 g/mol. The second-order valence-corrected chi connectivity index (χ2v) is 8.27. The zero-order valence-electron chi connectivity index (χ0n) is 14.8. The van der Waals surface area contributed by atoms with Gasteiger partial charge in [0, 0.05) is 12.3 Å². The lowest BCUT2D eigenvalue weighted by molar-refractivity contribution is -0.131. The van der Waals surface area contributed by atoms with Gasteiger partial charge in [0.05, 0.1) is 17.8 Å². The molecule has 24 heavy (non-hydrogen) atoms. The van der Waals surface area contributed by atoms with Crippen molar-refractivity contribution in [2.24, 2.45) is 0 Å². The van der Waals surface area contributed by atoms with Crippen molar-refractivity contribution in [2.45, 2.75) is 45.3 Å². The number of carbonyl (C=O) groups is 2. The number of nitrogens with one attached hydrogen (secondary N) is 1. The number of carbonyl (C=O) groups excluding carboxylic acids is 2. The van der Waals surface area contributed by atoms with Crippen molar-refractivity contribution in [3.63, 3.8) is 0 Å². The lowest BCUT2D eigenvalue weighted by atomic mass is 9.88. The number of benzene rings is 1. The van der Waals surface area contributed by atoms with Gasteiger partial charge in [0.15, 0.2) is 0 Å². The number of ether oxygens (including phenoxy) is 1. The first-order valence-corrected chi connectivity index (χ1v) is 9.27. The molecule has 1 aromatic carbocycles. The highest BCUT2D eigenvalue weighted by molar-refractivity contribution is 7.99. The number of rotatable bonds is 4. The van der Waals surface area contributed by atoms with Crippen molar-refractivity contribution in [3.05, 3.63) is 35.9 Å². The third-order valence-electron chi connectivity index (χ3n) is 3.80. The Bertz CT molecular complexity index is 580. The van der Waals surface area contributed by atoms with Crippen LogP contribution in [0.2, 0.25) is 0 Å². The molecule has 1 atom stereocenters. The third kappa shape index (κ3) is 5.16. The standard InChI is InChI=1S/C18H26N2O3S/c1-17(2,3)23-16(22)19-18(4,14-8-6-5-7-9-14)12-15(21)20-10-11-24-13-20/h5-9H,10-13H2,1-4H3,(H,19,22). The van der Waals surface area contributed by atoms with Gasteiger partial charge in [0.1, 0.15) is 5.60 Å². The van der Waals surface area contributed by atoms with Crippen LogP contribution in [0.25, 0.3) is 0 Å². The minimum absolute atomic E-state index is 0.0439. The molecule has 2 amide bonds. The van der Waals surface area contributed by atoms with E-state index in [1.807, 2.05) is 62.9 Å². The summed E-state index contributed by atoms with van der Waals surface area (Å²) in [4.78, 5) is 26.7. The molecular formula is C18H26N2O3S. The molecule has 1 saturated heterocycles. The van der Waals surface area contributed by atoms with Crippen LogP contribution < -0.4 is 5.32 Å². The van der Waals surface area contributed by atoms with Crippen LogP contribution in [0.5, 0.6) is 0 Å². The van der Waals surface area contributed by atoms with Crippen molar-refractivity contribution in [3.8, 4) is 0 Å². The predicted octanol–water partition coefficient (Wildman–Crippen LogP) is 3.35. The van der Waals surface area contributed by atoms with Crippen molar-refractivity contribution < 1.29 is 14.3 Å². The van der Waals surface area contributed by atoms with Crippen molar-refractivity contribution in [1.82, 2.24) is 10.2 Å². The lowest BCUT2D eigenvalue weighted by Gasteiger charge is -2.33. The van der Waals surface area contributed by atoms with Crippen LogP contribution in [-0.4, -0.2) is 40.7 Å². The van der Waals surface area contributed by atoms with E-state index in [1.54, 1.807) is 11.8 Å². The molecule has 5 nitrogen and oxygen atoms in total. The van der Waals surface area contributed by atoms with Crippen molar-refractivity contribution in [2.75, 3.05) is 18.2 Å². The van der Waals surface area contributed by atoms with E-state index in [1.165, 1.54) is 0 Å².